The smallest absolute Gasteiger partial charge is 0.471 e. The molecule has 0 unspecified atom stereocenters. The Balaban J connectivity index is 1.55. The predicted molar refractivity (Wildman–Crippen MR) is 150 cm³/mol. The van der Waals surface area contributed by atoms with Crippen molar-refractivity contribution in [3.8, 4) is 0 Å². The molecule has 2 atom stereocenters. The third-order valence-electron chi connectivity index (χ3n) is 7.57. The number of hydrogen-bond acceptors (Lipinski definition) is 6. The zero-order valence-electron chi connectivity index (χ0n) is 23.3. The number of likely N-dealkylation sites (tertiary alicyclic amines) is 1. The number of rotatable bonds is 11. The van der Waals surface area contributed by atoms with Gasteiger partial charge in [-0.25, -0.2) is 13.2 Å². The van der Waals surface area contributed by atoms with Crippen LogP contribution in [0.25, 0.3) is 0 Å². The third-order valence-corrected chi connectivity index (χ3v) is 9.89. The standard InChI is InChI=1S/C26H33Cl2F3N4O7S/c1-2-33(25(40)26(29,30)31)15-16-7-10-34(11-8-16)22(36)6-5-20(24(38)39)32-23(37)21-4-3-9-35(21)43(41,42)19-13-17(27)12-18(28)14-19/h12-14,16,20-21H,2-11,15H2,1H3,(H,32,37)(H,38,39)/t20-,21+/m0/s1. The number of benzene rings is 1. The van der Waals surface area contributed by atoms with Crippen LogP contribution in [0, 0.1) is 5.92 Å². The van der Waals surface area contributed by atoms with Gasteiger partial charge in [-0.3, -0.25) is 14.4 Å². The molecule has 1 aromatic carbocycles. The third kappa shape index (κ3) is 8.96. The van der Waals surface area contributed by atoms with Crippen molar-refractivity contribution in [3.63, 3.8) is 0 Å². The number of carbonyl (C=O) groups excluding carboxylic acids is 3. The molecule has 2 heterocycles. The summed E-state index contributed by atoms with van der Waals surface area (Å²) in [6.45, 7) is 1.76. The second-order valence-corrected chi connectivity index (χ2v) is 13.2. The summed E-state index contributed by atoms with van der Waals surface area (Å²) in [5.41, 5.74) is 0. The Morgan fingerprint density at radius 1 is 1.07 bits per heavy atom. The molecule has 240 valence electrons. The molecule has 2 aliphatic heterocycles. The van der Waals surface area contributed by atoms with Crippen molar-refractivity contribution in [2.75, 3.05) is 32.7 Å². The first-order valence-corrected chi connectivity index (χ1v) is 15.9. The zero-order valence-corrected chi connectivity index (χ0v) is 25.6. The van der Waals surface area contributed by atoms with Crippen LogP contribution in [-0.4, -0.2) is 102 Å². The number of carboxylic acids is 1. The maximum atomic E-state index is 13.2. The number of carboxylic acid groups (broad SMARTS) is 1. The van der Waals surface area contributed by atoms with Gasteiger partial charge in [0, 0.05) is 49.2 Å². The number of alkyl halides is 3. The van der Waals surface area contributed by atoms with Crippen LogP contribution < -0.4 is 5.32 Å². The number of hydrogen-bond donors (Lipinski definition) is 2. The van der Waals surface area contributed by atoms with Gasteiger partial charge in [0.05, 0.1) is 4.90 Å². The van der Waals surface area contributed by atoms with Crippen LogP contribution in [0.3, 0.4) is 0 Å². The fourth-order valence-electron chi connectivity index (χ4n) is 5.27. The van der Waals surface area contributed by atoms with Gasteiger partial charge in [0.1, 0.15) is 12.1 Å². The van der Waals surface area contributed by atoms with Crippen molar-refractivity contribution >= 4 is 56.9 Å². The van der Waals surface area contributed by atoms with E-state index in [0.717, 1.165) is 9.21 Å². The van der Waals surface area contributed by atoms with Crippen LogP contribution in [0.1, 0.15) is 45.4 Å². The molecule has 11 nitrogen and oxygen atoms in total. The largest absolute Gasteiger partial charge is 0.480 e. The highest BCUT2D eigenvalue weighted by Gasteiger charge is 2.43. The number of sulfonamides is 1. The summed E-state index contributed by atoms with van der Waals surface area (Å²) in [6, 6.07) is 1.12. The van der Waals surface area contributed by atoms with Gasteiger partial charge >= 0.3 is 18.1 Å². The van der Waals surface area contributed by atoms with Gasteiger partial charge in [0.2, 0.25) is 21.8 Å². The van der Waals surface area contributed by atoms with Crippen molar-refractivity contribution in [1.82, 2.24) is 19.4 Å². The summed E-state index contributed by atoms with van der Waals surface area (Å²) in [7, 11) is -4.18. The molecule has 0 radical (unpaired) electrons. The van der Waals surface area contributed by atoms with E-state index in [1.165, 1.54) is 30.0 Å². The minimum Gasteiger partial charge on any atom is -0.480 e. The molecule has 1 aromatic rings. The summed E-state index contributed by atoms with van der Waals surface area (Å²) in [5.74, 6) is -4.73. The summed E-state index contributed by atoms with van der Waals surface area (Å²) in [4.78, 5) is 51.3. The highest BCUT2D eigenvalue weighted by atomic mass is 35.5. The molecule has 2 fully saturated rings. The van der Waals surface area contributed by atoms with Crippen LogP contribution in [0.2, 0.25) is 10.0 Å². The number of carbonyl (C=O) groups is 4. The Hall–Kier alpha value is -2.62. The second kappa shape index (κ2) is 14.4. The van der Waals surface area contributed by atoms with Crippen LogP contribution >= 0.6 is 23.2 Å². The minimum absolute atomic E-state index is 0.0249. The van der Waals surface area contributed by atoms with E-state index in [4.69, 9.17) is 23.2 Å². The first-order valence-electron chi connectivity index (χ1n) is 13.7. The fourth-order valence-corrected chi connectivity index (χ4v) is 7.65. The number of nitrogens with zero attached hydrogens (tertiary/aromatic N) is 3. The first kappa shape index (κ1) is 34.9. The number of aliphatic carboxylic acids is 1. The molecule has 2 aliphatic rings. The molecular weight excluding hydrogens is 640 g/mol. The first-order chi connectivity index (χ1) is 20.0. The quantitative estimate of drug-likeness (QED) is 0.368. The van der Waals surface area contributed by atoms with Gasteiger partial charge in [-0.1, -0.05) is 23.2 Å². The average Bonchev–Trinajstić information content (AvgIpc) is 3.44. The summed E-state index contributed by atoms with van der Waals surface area (Å²) in [6.07, 6.45) is -4.19. The van der Waals surface area contributed by atoms with Crippen molar-refractivity contribution in [3.05, 3.63) is 28.2 Å². The molecule has 0 saturated carbocycles. The van der Waals surface area contributed by atoms with E-state index in [2.05, 4.69) is 5.32 Å². The number of amides is 3. The van der Waals surface area contributed by atoms with E-state index in [1.807, 2.05) is 0 Å². The monoisotopic (exact) mass is 672 g/mol. The van der Waals surface area contributed by atoms with Gasteiger partial charge in [0.25, 0.3) is 0 Å². The van der Waals surface area contributed by atoms with Crippen LogP contribution in [0.4, 0.5) is 13.2 Å². The van der Waals surface area contributed by atoms with E-state index in [-0.39, 0.29) is 78.8 Å². The zero-order chi connectivity index (χ0) is 32.1. The lowest BCUT2D eigenvalue weighted by Gasteiger charge is -2.35. The minimum atomic E-state index is -4.96. The van der Waals surface area contributed by atoms with E-state index in [9.17, 15) is 45.9 Å². The molecule has 0 spiro atoms. The molecule has 0 bridgehead atoms. The SMILES string of the molecule is CCN(CC1CCN(C(=O)CC[C@H](NC(=O)[C@H]2CCCN2S(=O)(=O)c2cc(Cl)cc(Cl)c2)C(=O)O)CC1)C(=O)C(F)(F)F. The second-order valence-electron chi connectivity index (χ2n) is 10.5. The molecule has 3 amide bonds. The van der Waals surface area contributed by atoms with Crippen LogP contribution in [-0.2, 0) is 29.2 Å². The van der Waals surface area contributed by atoms with Crippen molar-refractivity contribution in [2.45, 2.75) is 68.6 Å². The summed E-state index contributed by atoms with van der Waals surface area (Å²) < 4.78 is 65.8. The maximum absolute atomic E-state index is 13.2. The molecule has 2 saturated heterocycles. The van der Waals surface area contributed by atoms with Gasteiger partial charge in [0.15, 0.2) is 0 Å². The van der Waals surface area contributed by atoms with Gasteiger partial charge in [-0.15, -0.1) is 0 Å². The van der Waals surface area contributed by atoms with Gasteiger partial charge < -0.3 is 20.2 Å². The Morgan fingerprint density at radius 3 is 2.21 bits per heavy atom. The summed E-state index contributed by atoms with van der Waals surface area (Å²) >= 11 is 11.9. The van der Waals surface area contributed by atoms with E-state index >= 15 is 0 Å². The Morgan fingerprint density at radius 2 is 1.67 bits per heavy atom. The molecule has 17 heteroatoms. The Kier molecular flexibility index (Phi) is 11.7. The van der Waals surface area contributed by atoms with Crippen molar-refractivity contribution < 1.29 is 45.9 Å². The number of nitrogens with one attached hydrogen (secondary N) is 1. The lowest BCUT2D eigenvalue weighted by atomic mass is 9.95. The number of halogens is 5. The molecule has 0 aromatic heterocycles. The van der Waals surface area contributed by atoms with Crippen LogP contribution in [0.5, 0.6) is 0 Å². The molecule has 3 rings (SSSR count). The predicted octanol–water partition coefficient (Wildman–Crippen LogP) is 3.15. The van der Waals surface area contributed by atoms with Crippen molar-refractivity contribution in [1.29, 1.82) is 0 Å². The Labute approximate surface area is 257 Å². The lowest BCUT2D eigenvalue weighted by molar-refractivity contribution is -0.186. The number of piperidine rings is 1. The van der Waals surface area contributed by atoms with Crippen molar-refractivity contribution in [2.24, 2.45) is 5.92 Å². The normalized spacial score (nSPS) is 19.2. The van der Waals surface area contributed by atoms with Gasteiger partial charge in [-0.05, 0) is 63.1 Å². The fraction of sp³-hybridized carbons (Fsp3) is 0.615. The average molecular weight is 674 g/mol. The molecule has 43 heavy (non-hydrogen) atoms. The highest BCUT2D eigenvalue weighted by molar-refractivity contribution is 7.89. The van der Waals surface area contributed by atoms with Gasteiger partial charge in [-0.2, -0.15) is 17.5 Å². The molecule has 0 aliphatic carbocycles. The molecule has 2 N–H and O–H groups in total. The van der Waals surface area contributed by atoms with E-state index in [1.54, 1.807) is 0 Å². The van der Waals surface area contributed by atoms with E-state index < -0.39 is 46.1 Å². The lowest BCUT2D eigenvalue weighted by Crippen LogP contribution is -2.51. The van der Waals surface area contributed by atoms with Crippen LogP contribution in [0.15, 0.2) is 23.1 Å². The molecular formula is C26H33Cl2F3N4O7S. The summed E-state index contributed by atoms with van der Waals surface area (Å²) in [5, 5.41) is 12.2. The topological polar surface area (TPSA) is 144 Å². The Bertz CT molecular complexity index is 1300. The maximum Gasteiger partial charge on any atom is 0.471 e. The van der Waals surface area contributed by atoms with E-state index in [0.29, 0.717) is 19.3 Å². The highest BCUT2D eigenvalue weighted by Crippen LogP contribution is 2.30.